The molecule has 0 unspecified atom stereocenters. The highest BCUT2D eigenvalue weighted by Crippen LogP contribution is 2.36. The van der Waals surface area contributed by atoms with E-state index in [1.165, 1.54) is 5.56 Å². The van der Waals surface area contributed by atoms with Gasteiger partial charge in [0, 0.05) is 24.4 Å². The van der Waals surface area contributed by atoms with Gasteiger partial charge in [0.2, 0.25) is 6.10 Å². The molecule has 1 aliphatic rings. The van der Waals surface area contributed by atoms with Crippen LogP contribution in [0.4, 0.5) is 0 Å². The third kappa shape index (κ3) is 4.34. The average Bonchev–Trinajstić information content (AvgIpc) is 2.60. The number of nitrogens with one attached hydrogen (secondary N) is 1. The topological polar surface area (TPSA) is 60.5 Å². The minimum absolute atomic E-state index is 0.0352. The van der Waals surface area contributed by atoms with E-state index in [1.807, 2.05) is 43.3 Å². The van der Waals surface area contributed by atoms with E-state index in [9.17, 15) is 4.79 Å². The zero-order valence-electron chi connectivity index (χ0n) is 15.8. The molecule has 1 aromatic carbocycles. The normalized spacial score (nSPS) is 17.5. The highest BCUT2D eigenvalue weighted by atomic mass is 16.6. The van der Waals surface area contributed by atoms with Crippen molar-refractivity contribution in [1.29, 1.82) is 0 Å². The Kier molecular flexibility index (Phi) is 5.16. The summed E-state index contributed by atoms with van der Waals surface area (Å²) in [6.45, 7) is 8.62. The molecule has 1 amide bonds. The van der Waals surface area contributed by atoms with Crippen LogP contribution >= 0.6 is 0 Å². The summed E-state index contributed by atoms with van der Waals surface area (Å²) in [5, 5.41) is 2.98. The molecule has 5 heteroatoms. The maximum absolute atomic E-state index is 12.5. The van der Waals surface area contributed by atoms with Crippen LogP contribution in [0.5, 0.6) is 11.5 Å². The van der Waals surface area contributed by atoms with E-state index >= 15 is 0 Å². The summed E-state index contributed by atoms with van der Waals surface area (Å²) in [7, 11) is 0. The first kappa shape index (κ1) is 18.2. The number of ether oxygens (including phenoxy) is 2. The van der Waals surface area contributed by atoms with Crippen LogP contribution in [-0.2, 0) is 16.6 Å². The Bertz CT molecular complexity index is 769. The smallest absolute Gasteiger partial charge is 0.264 e. The molecule has 0 aliphatic carbocycles. The summed E-state index contributed by atoms with van der Waals surface area (Å²) >= 11 is 0. The Morgan fingerprint density at radius 3 is 2.77 bits per heavy atom. The van der Waals surface area contributed by atoms with Crippen molar-refractivity contribution in [2.45, 2.75) is 51.7 Å². The lowest BCUT2D eigenvalue weighted by atomic mass is 9.87. The van der Waals surface area contributed by atoms with Crippen molar-refractivity contribution in [2.75, 3.05) is 6.61 Å². The molecule has 0 saturated carbocycles. The Balaban J connectivity index is 1.60. The van der Waals surface area contributed by atoms with Gasteiger partial charge in [0.15, 0.2) is 11.5 Å². The number of fused-ring (bicyclic) bond motifs is 1. The van der Waals surface area contributed by atoms with Gasteiger partial charge in [-0.05, 0) is 42.2 Å². The molecule has 3 rings (SSSR count). The van der Waals surface area contributed by atoms with Gasteiger partial charge in [-0.1, -0.05) is 32.9 Å². The molecule has 5 nitrogen and oxygen atoms in total. The van der Waals surface area contributed by atoms with Gasteiger partial charge in [-0.15, -0.1) is 0 Å². The molecule has 138 valence electrons. The molecule has 2 atom stereocenters. The summed E-state index contributed by atoms with van der Waals surface area (Å²) in [6.07, 6.45) is 1.78. The zero-order chi connectivity index (χ0) is 18.7. The fourth-order valence-corrected chi connectivity index (χ4v) is 2.89. The maximum Gasteiger partial charge on any atom is 0.264 e. The number of pyridine rings is 1. The van der Waals surface area contributed by atoms with Crippen molar-refractivity contribution in [3.05, 3.63) is 53.9 Å². The molecule has 0 bridgehead atoms. The second kappa shape index (κ2) is 7.36. The lowest BCUT2D eigenvalue weighted by Gasteiger charge is -2.28. The molecule has 2 aromatic rings. The van der Waals surface area contributed by atoms with Crippen LogP contribution in [0, 0.1) is 0 Å². The second-order valence-corrected chi connectivity index (χ2v) is 7.76. The summed E-state index contributed by atoms with van der Waals surface area (Å²) < 4.78 is 11.7. The summed E-state index contributed by atoms with van der Waals surface area (Å²) in [6, 6.07) is 11.6. The molecular weight excluding hydrogens is 328 g/mol. The number of benzene rings is 1. The maximum atomic E-state index is 12.5. The van der Waals surface area contributed by atoms with E-state index in [1.54, 1.807) is 6.20 Å². The fraction of sp³-hybridized carbons (Fsp3) is 0.429. The zero-order valence-corrected chi connectivity index (χ0v) is 15.8. The van der Waals surface area contributed by atoms with E-state index in [0.717, 1.165) is 5.69 Å². The summed E-state index contributed by atoms with van der Waals surface area (Å²) in [4.78, 5) is 16.8. The fourth-order valence-electron chi connectivity index (χ4n) is 2.89. The van der Waals surface area contributed by atoms with E-state index in [4.69, 9.17) is 9.47 Å². The van der Waals surface area contributed by atoms with E-state index in [0.29, 0.717) is 17.9 Å². The van der Waals surface area contributed by atoms with E-state index in [2.05, 4.69) is 31.1 Å². The molecule has 1 aliphatic heterocycles. The number of hydrogen-bond acceptors (Lipinski definition) is 4. The summed E-state index contributed by atoms with van der Waals surface area (Å²) in [5.41, 5.74) is 2.15. The molecule has 26 heavy (non-hydrogen) atoms. The Morgan fingerprint density at radius 2 is 2.08 bits per heavy atom. The second-order valence-electron chi connectivity index (χ2n) is 7.76. The quantitative estimate of drug-likeness (QED) is 0.915. The van der Waals surface area contributed by atoms with Crippen molar-refractivity contribution < 1.29 is 14.3 Å². The number of rotatable bonds is 4. The highest BCUT2D eigenvalue weighted by Gasteiger charge is 2.29. The lowest BCUT2D eigenvalue weighted by Crippen LogP contribution is -2.47. The van der Waals surface area contributed by atoms with Crippen molar-refractivity contribution in [2.24, 2.45) is 0 Å². The molecular formula is C21H26N2O3. The van der Waals surface area contributed by atoms with Gasteiger partial charge < -0.3 is 14.8 Å². The Hall–Kier alpha value is -2.56. The molecule has 0 fully saturated rings. The lowest BCUT2D eigenvalue weighted by molar-refractivity contribution is -0.131. The first-order chi connectivity index (χ1) is 12.3. The first-order valence-electron chi connectivity index (χ1n) is 8.97. The molecule has 1 N–H and O–H groups in total. The number of amides is 1. The van der Waals surface area contributed by atoms with Gasteiger partial charge in [0.1, 0.15) is 6.61 Å². The van der Waals surface area contributed by atoms with E-state index < -0.39 is 6.10 Å². The molecule has 2 heterocycles. The van der Waals surface area contributed by atoms with Crippen molar-refractivity contribution in [3.63, 3.8) is 0 Å². The number of hydrogen-bond donors (Lipinski definition) is 1. The van der Waals surface area contributed by atoms with Crippen LogP contribution in [0.2, 0.25) is 0 Å². The minimum Gasteiger partial charge on any atom is -0.485 e. The van der Waals surface area contributed by atoms with Crippen molar-refractivity contribution >= 4 is 5.91 Å². The number of carbonyl (C=O) groups excluding carboxylic acids is 1. The van der Waals surface area contributed by atoms with Gasteiger partial charge in [-0.3, -0.25) is 9.78 Å². The third-order valence-electron chi connectivity index (χ3n) is 4.39. The van der Waals surface area contributed by atoms with Crippen molar-refractivity contribution in [1.82, 2.24) is 10.3 Å². The predicted octanol–water partition coefficient (Wildman–Crippen LogP) is 3.27. The monoisotopic (exact) mass is 354 g/mol. The SMILES string of the molecule is C[C@H](Cc1ccccn1)NC(=O)[C@@H]1COc2cc(C(C)(C)C)ccc2O1. The van der Waals surface area contributed by atoms with Gasteiger partial charge in [0.05, 0.1) is 0 Å². The van der Waals surface area contributed by atoms with Gasteiger partial charge in [0.25, 0.3) is 5.91 Å². The average molecular weight is 354 g/mol. The van der Waals surface area contributed by atoms with Crippen LogP contribution in [0.15, 0.2) is 42.6 Å². The van der Waals surface area contributed by atoms with Crippen LogP contribution in [0.1, 0.15) is 39.0 Å². The number of nitrogens with zero attached hydrogens (tertiary/aromatic N) is 1. The number of aromatic nitrogens is 1. The van der Waals surface area contributed by atoms with Gasteiger partial charge in [-0.25, -0.2) is 0 Å². The predicted molar refractivity (Wildman–Crippen MR) is 101 cm³/mol. The largest absolute Gasteiger partial charge is 0.485 e. The van der Waals surface area contributed by atoms with Crippen LogP contribution < -0.4 is 14.8 Å². The van der Waals surface area contributed by atoms with Crippen LogP contribution in [-0.4, -0.2) is 29.6 Å². The highest BCUT2D eigenvalue weighted by molar-refractivity contribution is 5.82. The van der Waals surface area contributed by atoms with Gasteiger partial charge in [-0.2, -0.15) is 0 Å². The number of carbonyl (C=O) groups is 1. The standard InChI is InChI=1S/C21H26N2O3/c1-14(11-16-7-5-6-10-22-16)23-20(24)19-13-25-18-12-15(21(2,3)4)8-9-17(18)26-19/h5-10,12,14,19H,11,13H2,1-4H3,(H,23,24)/t14-,19+/m1/s1. The van der Waals surface area contributed by atoms with Gasteiger partial charge >= 0.3 is 0 Å². The van der Waals surface area contributed by atoms with Crippen molar-refractivity contribution in [3.8, 4) is 11.5 Å². The first-order valence-corrected chi connectivity index (χ1v) is 8.97. The van der Waals surface area contributed by atoms with Crippen LogP contribution in [0.25, 0.3) is 0 Å². The molecule has 0 spiro atoms. The van der Waals surface area contributed by atoms with Crippen LogP contribution in [0.3, 0.4) is 0 Å². The molecule has 0 radical (unpaired) electrons. The molecule has 0 saturated heterocycles. The summed E-state index contributed by atoms with van der Waals surface area (Å²) in [5.74, 6) is 1.14. The Morgan fingerprint density at radius 1 is 1.27 bits per heavy atom. The van der Waals surface area contributed by atoms with E-state index in [-0.39, 0.29) is 24.0 Å². The minimum atomic E-state index is -0.644. The third-order valence-corrected chi connectivity index (χ3v) is 4.39. The Labute approximate surface area is 154 Å². The molecule has 1 aromatic heterocycles.